The minimum atomic E-state index is -4.30. The number of hydrogen-bond donors (Lipinski definition) is 1. The number of halogens is 3. The average molecular weight is 456 g/mol. The summed E-state index contributed by atoms with van der Waals surface area (Å²) in [5, 5.41) is 3.16. The van der Waals surface area contributed by atoms with Crippen LogP contribution in [-0.2, 0) is 15.7 Å². The normalized spacial score (nSPS) is 22.7. The number of piperazine rings is 1. The fourth-order valence-corrected chi connectivity index (χ4v) is 4.75. The second kappa shape index (κ2) is 11.9. The zero-order valence-electron chi connectivity index (χ0n) is 19.0. The molecule has 180 valence electrons. The lowest BCUT2D eigenvalue weighted by Gasteiger charge is -2.37. The highest BCUT2D eigenvalue weighted by atomic mass is 19.4. The van der Waals surface area contributed by atoms with Crippen molar-refractivity contribution in [2.24, 2.45) is 5.92 Å². The molecule has 1 saturated heterocycles. The molecule has 0 atom stereocenters. The van der Waals surface area contributed by atoms with Crippen molar-refractivity contribution in [3.8, 4) is 0 Å². The van der Waals surface area contributed by atoms with E-state index in [4.69, 9.17) is 4.74 Å². The van der Waals surface area contributed by atoms with Gasteiger partial charge in [0.2, 0.25) is 5.91 Å². The quantitative estimate of drug-likeness (QED) is 0.564. The molecule has 0 bridgehead atoms. The van der Waals surface area contributed by atoms with Gasteiger partial charge in [-0.3, -0.25) is 9.69 Å². The van der Waals surface area contributed by atoms with E-state index in [2.05, 4.69) is 10.2 Å². The van der Waals surface area contributed by atoms with E-state index in [0.29, 0.717) is 30.7 Å². The second-order valence-corrected chi connectivity index (χ2v) is 9.05. The molecule has 2 fully saturated rings. The molecule has 1 aliphatic heterocycles. The van der Waals surface area contributed by atoms with Crippen molar-refractivity contribution >= 4 is 11.6 Å². The number of methoxy groups -OCH3 is 1. The summed E-state index contributed by atoms with van der Waals surface area (Å²) in [5.41, 5.74) is 0.0706. The Kier molecular flexibility index (Phi) is 9.22. The van der Waals surface area contributed by atoms with Crippen molar-refractivity contribution in [2.75, 3.05) is 51.3 Å². The summed E-state index contributed by atoms with van der Waals surface area (Å²) in [6.07, 6.45) is 2.52. The Balaban J connectivity index is 1.33. The molecule has 0 spiro atoms. The van der Waals surface area contributed by atoms with Gasteiger partial charge in [-0.1, -0.05) is 6.07 Å². The maximum Gasteiger partial charge on any atom is 0.416 e. The number of ether oxygens (including phenoxy) is 1. The minimum Gasteiger partial charge on any atom is -0.385 e. The Morgan fingerprint density at radius 2 is 1.84 bits per heavy atom. The molecule has 1 aromatic rings. The fourth-order valence-electron chi connectivity index (χ4n) is 4.75. The van der Waals surface area contributed by atoms with Crippen molar-refractivity contribution in [3.63, 3.8) is 0 Å². The van der Waals surface area contributed by atoms with E-state index >= 15 is 0 Å². The van der Waals surface area contributed by atoms with Gasteiger partial charge in [-0.05, 0) is 69.2 Å². The first kappa shape index (κ1) is 24.8. The molecule has 5 nitrogen and oxygen atoms in total. The third-order valence-corrected chi connectivity index (χ3v) is 6.73. The topological polar surface area (TPSA) is 44.8 Å². The van der Waals surface area contributed by atoms with Crippen LogP contribution >= 0.6 is 0 Å². The van der Waals surface area contributed by atoms with Crippen LogP contribution in [0.5, 0.6) is 0 Å². The maximum absolute atomic E-state index is 13.0. The van der Waals surface area contributed by atoms with Crippen molar-refractivity contribution in [1.82, 2.24) is 10.2 Å². The summed E-state index contributed by atoms with van der Waals surface area (Å²) < 4.78 is 43.9. The summed E-state index contributed by atoms with van der Waals surface area (Å²) in [7, 11) is 1.65. The Labute approximate surface area is 189 Å². The first-order valence-electron chi connectivity index (χ1n) is 11.8. The van der Waals surface area contributed by atoms with Gasteiger partial charge in [0.15, 0.2) is 0 Å². The first-order chi connectivity index (χ1) is 15.3. The third-order valence-electron chi connectivity index (χ3n) is 6.73. The number of amides is 1. The Morgan fingerprint density at radius 1 is 1.12 bits per heavy atom. The number of carbonyl (C=O) groups is 1. The van der Waals surface area contributed by atoms with Crippen LogP contribution in [0, 0.1) is 5.92 Å². The van der Waals surface area contributed by atoms with E-state index in [0.717, 1.165) is 77.3 Å². The standard InChI is InChI=1S/C24H36F3N3O2/c1-32-17-3-6-23(31)28-21-9-7-19(8-10-21)11-12-29-13-15-30(16-14-29)22-5-2-4-20(18-22)24(25,26)27/h2,4-5,18-19,21H,3,6-17H2,1H3,(H,28,31). The summed E-state index contributed by atoms with van der Waals surface area (Å²) in [4.78, 5) is 16.4. The highest BCUT2D eigenvalue weighted by molar-refractivity contribution is 5.76. The van der Waals surface area contributed by atoms with Crippen LogP contribution in [0.15, 0.2) is 24.3 Å². The molecule has 1 aliphatic carbocycles. The Hall–Kier alpha value is -1.80. The SMILES string of the molecule is COCCCC(=O)NC1CCC(CCN2CCN(c3cccc(C(F)(F)F)c3)CC2)CC1. The fraction of sp³-hybridized carbons (Fsp3) is 0.708. The van der Waals surface area contributed by atoms with Crippen LogP contribution in [0.4, 0.5) is 18.9 Å². The highest BCUT2D eigenvalue weighted by Gasteiger charge is 2.31. The van der Waals surface area contributed by atoms with Crippen LogP contribution in [-0.4, -0.2) is 63.3 Å². The second-order valence-electron chi connectivity index (χ2n) is 9.05. The summed E-state index contributed by atoms with van der Waals surface area (Å²) in [5.74, 6) is 0.822. The average Bonchev–Trinajstić information content (AvgIpc) is 2.79. The van der Waals surface area contributed by atoms with Crippen molar-refractivity contribution in [3.05, 3.63) is 29.8 Å². The van der Waals surface area contributed by atoms with E-state index < -0.39 is 11.7 Å². The predicted molar refractivity (Wildman–Crippen MR) is 120 cm³/mol. The molecule has 1 aromatic carbocycles. The van der Waals surface area contributed by atoms with Crippen LogP contribution in [0.3, 0.4) is 0 Å². The molecule has 0 radical (unpaired) electrons. The largest absolute Gasteiger partial charge is 0.416 e. The summed E-state index contributed by atoms with van der Waals surface area (Å²) in [6, 6.07) is 5.94. The van der Waals surface area contributed by atoms with Gasteiger partial charge < -0.3 is 15.0 Å². The molecule has 0 aromatic heterocycles. The number of benzene rings is 1. The molecule has 1 amide bonds. The lowest BCUT2D eigenvalue weighted by Crippen LogP contribution is -2.47. The van der Waals surface area contributed by atoms with E-state index in [-0.39, 0.29) is 5.91 Å². The molecule has 3 rings (SSSR count). The molecule has 1 saturated carbocycles. The van der Waals surface area contributed by atoms with E-state index in [9.17, 15) is 18.0 Å². The number of nitrogens with zero attached hydrogens (tertiary/aromatic N) is 2. The lowest BCUT2D eigenvalue weighted by molar-refractivity contribution is -0.137. The molecule has 0 unspecified atom stereocenters. The van der Waals surface area contributed by atoms with Crippen LogP contribution in [0.25, 0.3) is 0 Å². The van der Waals surface area contributed by atoms with Gasteiger partial charge >= 0.3 is 6.18 Å². The van der Waals surface area contributed by atoms with Crippen LogP contribution < -0.4 is 10.2 Å². The van der Waals surface area contributed by atoms with Gasteiger partial charge in [0, 0.05) is 58.0 Å². The zero-order chi connectivity index (χ0) is 23.0. The molecule has 2 aliphatic rings. The highest BCUT2D eigenvalue weighted by Crippen LogP contribution is 2.32. The number of anilines is 1. The molecule has 1 N–H and O–H groups in total. The first-order valence-corrected chi connectivity index (χ1v) is 11.8. The molecular formula is C24H36F3N3O2. The molecule has 1 heterocycles. The predicted octanol–water partition coefficient (Wildman–Crippen LogP) is 4.32. The van der Waals surface area contributed by atoms with Crippen molar-refractivity contribution in [1.29, 1.82) is 0 Å². The van der Waals surface area contributed by atoms with E-state index in [1.807, 2.05) is 4.90 Å². The number of hydrogen-bond acceptors (Lipinski definition) is 4. The van der Waals surface area contributed by atoms with Crippen LogP contribution in [0.1, 0.15) is 50.5 Å². The van der Waals surface area contributed by atoms with Gasteiger partial charge in [0.25, 0.3) is 0 Å². The molecule has 32 heavy (non-hydrogen) atoms. The number of nitrogens with one attached hydrogen (secondary N) is 1. The minimum absolute atomic E-state index is 0.129. The van der Waals surface area contributed by atoms with Crippen LogP contribution in [0.2, 0.25) is 0 Å². The Morgan fingerprint density at radius 3 is 2.50 bits per heavy atom. The number of rotatable bonds is 9. The zero-order valence-corrected chi connectivity index (χ0v) is 19.0. The van der Waals surface area contributed by atoms with Gasteiger partial charge in [-0.15, -0.1) is 0 Å². The van der Waals surface area contributed by atoms with Gasteiger partial charge in [-0.25, -0.2) is 0 Å². The van der Waals surface area contributed by atoms with E-state index in [1.165, 1.54) is 12.1 Å². The smallest absolute Gasteiger partial charge is 0.385 e. The van der Waals surface area contributed by atoms with E-state index in [1.54, 1.807) is 13.2 Å². The molecular weight excluding hydrogens is 419 g/mol. The number of alkyl halides is 3. The van der Waals surface area contributed by atoms with Gasteiger partial charge in [-0.2, -0.15) is 13.2 Å². The van der Waals surface area contributed by atoms with Crippen molar-refractivity contribution in [2.45, 2.75) is 57.2 Å². The third kappa shape index (κ3) is 7.66. The van der Waals surface area contributed by atoms with Gasteiger partial charge in [0.05, 0.1) is 5.56 Å². The lowest BCUT2D eigenvalue weighted by atomic mass is 9.84. The summed E-state index contributed by atoms with van der Waals surface area (Å²) in [6.45, 7) is 4.92. The molecule has 8 heteroatoms. The van der Waals surface area contributed by atoms with Gasteiger partial charge in [0.1, 0.15) is 0 Å². The monoisotopic (exact) mass is 455 g/mol. The summed E-state index contributed by atoms with van der Waals surface area (Å²) >= 11 is 0. The van der Waals surface area contributed by atoms with Crippen molar-refractivity contribution < 1.29 is 22.7 Å². The number of carbonyl (C=O) groups excluding carboxylic acids is 1. The maximum atomic E-state index is 13.0. The Bertz CT molecular complexity index is 713.